The summed E-state index contributed by atoms with van der Waals surface area (Å²) in [7, 11) is 3.98. The summed E-state index contributed by atoms with van der Waals surface area (Å²) < 4.78 is 2.14. The van der Waals surface area contributed by atoms with E-state index in [1.807, 2.05) is 13.2 Å². The van der Waals surface area contributed by atoms with E-state index in [1.54, 1.807) is 0 Å². The number of fused-ring (bicyclic) bond motifs is 1. The predicted molar refractivity (Wildman–Crippen MR) is 73.3 cm³/mol. The minimum Gasteiger partial charge on any atom is -0.350 e. The summed E-state index contributed by atoms with van der Waals surface area (Å²) in [5, 5.41) is 4.34. The van der Waals surface area contributed by atoms with Crippen molar-refractivity contribution in [1.82, 2.24) is 19.9 Å². The van der Waals surface area contributed by atoms with Crippen molar-refractivity contribution in [3.63, 3.8) is 0 Å². The first-order valence-electron chi connectivity index (χ1n) is 6.02. The second kappa shape index (κ2) is 4.31. The van der Waals surface area contributed by atoms with Gasteiger partial charge in [0, 0.05) is 29.7 Å². The Morgan fingerprint density at radius 1 is 1.33 bits per heavy atom. The van der Waals surface area contributed by atoms with Gasteiger partial charge in [0.15, 0.2) is 0 Å². The lowest BCUT2D eigenvalue weighted by atomic mass is 10.1. The van der Waals surface area contributed by atoms with Gasteiger partial charge in [-0.1, -0.05) is 18.2 Å². The normalized spacial score (nSPS) is 11.2. The first kappa shape index (κ1) is 11.0. The highest BCUT2D eigenvalue weighted by Gasteiger charge is 2.10. The molecule has 0 atom stereocenters. The smallest absolute Gasteiger partial charge is 0.120 e. The topological polar surface area (TPSA) is 45.6 Å². The maximum Gasteiger partial charge on any atom is 0.120 e. The van der Waals surface area contributed by atoms with E-state index in [9.17, 15) is 0 Å². The summed E-state index contributed by atoms with van der Waals surface area (Å²) in [5.41, 5.74) is 3.50. The molecule has 0 saturated heterocycles. The molecule has 4 heteroatoms. The van der Waals surface area contributed by atoms with Crippen LogP contribution in [0, 0.1) is 0 Å². The van der Waals surface area contributed by atoms with E-state index < -0.39 is 0 Å². The molecule has 1 aromatic carbocycles. The molecule has 2 heterocycles. The van der Waals surface area contributed by atoms with Gasteiger partial charge in [0.2, 0.25) is 0 Å². The van der Waals surface area contributed by atoms with Crippen LogP contribution in [0.25, 0.3) is 22.2 Å². The van der Waals surface area contributed by atoms with Gasteiger partial charge in [0.1, 0.15) is 5.82 Å². The summed E-state index contributed by atoms with van der Waals surface area (Å²) in [5.74, 6) is 0.959. The zero-order valence-corrected chi connectivity index (χ0v) is 10.6. The largest absolute Gasteiger partial charge is 0.350 e. The second-order valence-corrected chi connectivity index (χ2v) is 4.44. The number of hydrogen-bond acceptors (Lipinski definition) is 2. The van der Waals surface area contributed by atoms with Crippen molar-refractivity contribution in [3.8, 4) is 11.3 Å². The van der Waals surface area contributed by atoms with E-state index in [4.69, 9.17) is 0 Å². The number of aryl methyl sites for hydroxylation is 1. The fraction of sp³-hybridized carbons (Fsp3) is 0.214. The predicted octanol–water partition coefficient (Wildman–Crippen LogP) is 2.29. The van der Waals surface area contributed by atoms with Crippen molar-refractivity contribution in [2.75, 3.05) is 7.05 Å². The quantitative estimate of drug-likeness (QED) is 0.737. The Morgan fingerprint density at radius 3 is 3.00 bits per heavy atom. The van der Waals surface area contributed by atoms with Crippen LogP contribution in [0.1, 0.15) is 5.82 Å². The highest BCUT2D eigenvalue weighted by molar-refractivity contribution is 5.95. The Kier molecular flexibility index (Phi) is 2.64. The van der Waals surface area contributed by atoms with E-state index in [-0.39, 0.29) is 0 Å². The number of rotatable bonds is 3. The summed E-state index contributed by atoms with van der Waals surface area (Å²) in [6.45, 7) is 0.755. The number of benzene rings is 1. The number of aromatic nitrogens is 3. The highest BCUT2D eigenvalue weighted by atomic mass is 15.0. The van der Waals surface area contributed by atoms with Crippen LogP contribution < -0.4 is 5.32 Å². The van der Waals surface area contributed by atoms with Crippen LogP contribution in [-0.2, 0) is 13.6 Å². The third kappa shape index (κ3) is 1.71. The first-order chi connectivity index (χ1) is 8.79. The van der Waals surface area contributed by atoms with Gasteiger partial charge in [-0.15, -0.1) is 0 Å². The minimum absolute atomic E-state index is 0.755. The SMILES string of the molecule is CNCc1ncc(-c2cn(C)c3ccccc23)[nH]1. The zero-order chi connectivity index (χ0) is 12.5. The molecular weight excluding hydrogens is 224 g/mol. The van der Waals surface area contributed by atoms with Crippen molar-refractivity contribution in [2.45, 2.75) is 6.54 Å². The molecule has 0 radical (unpaired) electrons. The van der Waals surface area contributed by atoms with Gasteiger partial charge in [0.25, 0.3) is 0 Å². The number of para-hydroxylation sites is 1. The lowest BCUT2D eigenvalue weighted by Crippen LogP contribution is -2.06. The summed E-state index contributed by atoms with van der Waals surface area (Å²) >= 11 is 0. The molecule has 92 valence electrons. The van der Waals surface area contributed by atoms with Crippen molar-refractivity contribution >= 4 is 10.9 Å². The van der Waals surface area contributed by atoms with E-state index in [0.29, 0.717) is 0 Å². The van der Waals surface area contributed by atoms with Crippen LogP contribution >= 0.6 is 0 Å². The highest BCUT2D eigenvalue weighted by Crippen LogP contribution is 2.28. The molecule has 2 aromatic heterocycles. The molecule has 0 bridgehead atoms. The molecule has 4 nitrogen and oxygen atoms in total. The van der Waals surface area contributed by atoms with Gasteiger partial charge in [0.05, 0.1) is 18.4 Å². The Bertz CT molecular complexity index is 678. The zero-order valence-electron chi connectivity index (χ0n) is 10.6. The fourth-order valence-electron chi connectivity index (χ4n) is 2.31. The van der Waals surface area contributed by atoms with Crippen molar-refractivity contribution < 1.29 is 0 Å². The van der Waals surface area contributed by atoms with Crippen LogP contribution in [0.4, 0.5) is 0 Å². The lowest BCUT2D eigenvalue weighted by Gasteiger charge is -1.95. The third-order valence-electron chi connectivity index (χ3n) is 3.16. The molecule has 0 fully saturated rings. The lowest BCUT2D eigenvalue weighted by molar-refractivity contribution is 0.772. The summed E-state index contributed by atoms with van der Waals surface area (Å²) in [6.07, 6.45) is 4.04. The Labute approximate surface area is 106 Å². The Morgan fingerprint density at radius 2 is 2.17 bits per heavy atom. The van der Waals surface area contributed by atoms with E-state index in [0.717, 1.165) is 18.1 Å². The van der Waals surface area contributed by atoms with E-state index in [2.05, 4.69) is 57.4 Å². The average molecular weight is 240 g/mol. The standard InChI is InChI=1S/C14H16N4/c1-15-8-14-16-7-12(17-14)11-9-18(2)13-6-4-3-5-10(11)13/h3-7,9,15H,8H2,1-2H3,(H,16,17). The Balaban J connectivity index is 2.13. The number of aromatic amines is 1. The first-order valence-corrected chi connectivity index (χ1v) is 6.02. The second-order valence-electron chi connectivity index (χ2n) is 4.44. The van der Waals surface area contributed by atoms with Crippen molar-refractivity contribution in [3.05, 3.63) is 42.5 Å². The molecule has 3 aromatic rings. The molecule has 0 spiro atoms. The number of H-pyrrole nitrogens is 1. The molecule has 18 heavy (non-hydrogen) atoms. The van der Waals surface area contributed by atoms with Crippen molar-refractivity contribution in [1.29, 1.82) is 0 Å². The van der Waals surface area contributed by atoms with Crippen molar-refractivity contribution in [2.24, 2.45) is 7.05 Å². The molecule has 3 rings (SSSR count). The molecule has 0 amide bonds. The third-order valence-corrected chi connectivity index (χ3v) is 3.16. The molecule has 0 unspecified atom stereocenters. The number of nitrogens with one attached hydrogen (secondary N) is 2. The molecule has 0 saturated carbocycles. The van der Waals surface area contributed by atoms with Gasteiger partial charge in [-0.05, 0) is 13.1 Å². The van der Waals surface area contributed by atoms with Gasteiger partial charge >= 0.3 is 0 Å². The van der Waals surface area contributed by atoms with Crippen LogP contribution in [0.5, 0.6) is 0 Å². The molecule has 2 N–H and O–H groups in total. The molecule has 0 aliphatic carbocycles. The summed E-state index contributed by atoms with van der Waals surface area (Å²) in [6, 6.07) is 8.40. The summed E-state index contributed by atoms with van der Waals surface area (Å²) in [4.78, 5) is 7.72. The van der Waals surface area contributed by atoms with Gasteiger partial charge in [-0.2, -0.15) is 0 Å². The molecular formula is C14H16N4. The van der Waals surface area contributed by atoms with Crippen LogP contribution in [0.2, 0.25) is 0 Å². The average Bonchev–Trinajstić information content (AvgIpc) is 2.96. The number of hydrogen-bond donors (Lipinski definition) is 2. The monoisotopic (exact) mass is 240 g/mol. The van der Waals surface area contributed by atoms with Gasteiger partial charge in [-0.25, -0.2) is 4.98 Å². The van der Waals surface area contributed by atoms with Crippen LogP contribution in [-0.4, -0.2) is 21.6 Å². The molecule has 0 aliphatic heterocycles. The Hall–Kier alpha value is -2.07. The number of nitrogens with zero attached hydrogens (tertiary/aromatic N) is 2. The van der Waals surface area contributed by atoms with Crippen LogP contribution in [0.3, 0.4) is 0 Å². The van der Waals surface area contributed by atoms with Gasteiger partial charge in [-0.3, -0.25) is 0 Å². The minimum atomic E-state index is 0.755. The van der Waals surface area contributed by atoms with E-state index >= 15 is 0 Å². The maximum atomic E-state index is 4.37. The maximum absolute atomic E-state index is 4.37. The molecule has 0 aliphatic rings. The fourth-order valence-corrected chi connectivity index (χ4v) is 2.31. The van der Waals surface area contributed by atoms with Gasteiger partial charge < -0.3 is 14.9 Å². The van der Waals surface area contributed by atoms with Crippen LogP contribution in [0.15, 0.2) is 36.7 Å². The van der Waals surface area contributed by atoms with E-state index in [1.165, 1.54) is 16.5 Å². The number of imidazole rings is 1.